The molecule has 2 nitrogen and oxygen atoms in total. The first-order chi connectivity index (χ1) is 10.2. The van der Waals surface area contributed by atoms with Gasteiger partial charge >= 0.3 is 0 Å². The molecule has 3 rings (SSSR count). The van der Waals surface area contributed by atoms with Crippen molar-refractivity contribution in [3.63, 3.8) is 0 Å². The highest BCUT2D eigenvalue weighted by atomic mass is 79.9. The van der Waals surface area contributed by atoms with Crippen molar-refractivity contribution < 1.29 is 4.79 Å². The van der Waals surface area contributed by atoms with Gasteiger partial charge in [0.05, 0.1) is 0 Å². The Morgan fingerprint density at radius 1 is 1.00 bits per heavy atom. The molecule has 2 aromatic rings. The molecule has 21 heavy (non-hydrogen) atoms. The number of carbonyl (C=O) groups is 1. The fourth-order valence-electron chi connectivity index (χ4n) is 2.94. The van der Waals surface area contributed by atoms with Crippen LogP contribution < -0.4 is 0 Å². The van der Waals surface area contributed by atoms with E-state index in [4.69, 9.17) is 0 Å². The molecule has 1 amide bonds. The lowest BCUT2D eigenvalue weighted by molar-refractivity contribution is 0.0713. The molecule has 2 aromatic carbocycles. The molecule has 0 saturated carbocycles. The minimum Gasteiger partial charge on any atom is -0.339 e. The minimum absolute atomic E-state index is 0.156. The molecule has 0 bridgehead atoms. The van der Waals surface area contributed by atoms with Gasteiger partial charge in [-0.15, -0.1) is 0 Å². The fraction of sp³-hybridized carbons (Fsp3) is 0.278. The second-order valence-corrected chi connectivity index (χ2v) is 6.40. The van der Waals surface area contributed by atoms with Crippen molar-refractivity contribution in [2.24, 2.45) is 0 Å². The van der Waals surface area contributed by atoms with Crippen LogP contribution in [-0.4, -0.2) is 23.9 Å². The zero-order valence-electron chi connectivity index (χ0n) is 11.8. The summed E-state index contributed by atoms with van der Waals surface area (Å²) in [5.41, 5.74) is 2.16. The number of hydrogen-bond acceptors (Lipinski definition) is 1. The van der Waals surface area contributed by atoms with E-state index in [1.165, 1.54) is 5.56 Å². The molecule has 1 aliphatic heterocycles. The highest BCUT2D eigenvalue weighted by Gasteiger charge is 2.24. The number of likely N-dealkylation sites (tertiary alicyclic amines) is 1. The van der Waals surface area contributed by atoms with Crippen LogP contribution in [-0.2, 0) is 0 Å². The predicted molar refractivity (Wildman–Crippen MR) is 88.5 cm³/mol. The van der Waals surface area contributed by atoms with Crippen LogP contribution in [0.15, 0.2) is 59.1 Å². The molecule has 3 heteroatoms. The van der Waals surface area contributed by atoms with Crippen LogP contribution in [0.4, 0.5) is 0 Å². The van der Waals surface area contributed by atoms with E-state index in [1.54, 1.807) is 0 Å². The van der Waals surface area contributed by atoms with E-state index in [-0.39, 0.29) is 5.91 Å². The van der Waals surface area contributed by atoms with Gasteiger partial charge in [0.2, 0.25) is 0 Å². The molecule has 1 fully saturated rings. The fourth-order valence-corrected chi connectivity index (χ4v) is 3.36. The Morgan fingerprint density at radius 3 is 2.38 bits per heavy atom. The highest BCUT2D eigenvalue weighted by Crippen LogP contribution is 2.30. The second kappa shape index (κ2) is 6.44. The van der Waals surface area contributed by atoms with Gasteiger partial charge in [0.25, 0.3) is 5.91 Å². The third-order valence-corrected chi connectivity index (χ3v) is 4.62. The summed E-state index contributed by atoms with van der Waals surface area (Å²) in [6.45, 7) is 1.68. The number of amides is 1. The van der Waals surface area contributed by atoms with Crippen LogP contribution in [0.25, 0.3) is 0 Å². The van der Waals surface area contributed by atoms with E-state index < -0.39 is 0 Å². The number of nitrogens with zero attached hydrogens (tertiary/aromatic N) is 1. The topological polar surface area (TPSA) is 20.3 Å². The van der Waals surface area contributed by atoms with E-state index >= 15 is 0 Å². The Morgan fingerprint density at radius 2 is 1.71 bits per heavy atom. The van der Waals surface area contributed by atoms with Crippen molar-refractivity contribution in [1.82, 2.24) is 4.90 Å². The molecular weight excluding hydrogens is 326 g/mol. The molecule has 0 radical (unpaired) electrons. The quantitative estimate of drug-likeness (QED) is 0.787. The van der Waals surface area contributed by atoms with Gasteiger partial charge in [0.15, 0.2) is 0 Å². The summed E-state index contributed by atoms with van der Waals surface area (Å²) in [5.74, 6) is 0.714. The van der Waals surface area contributed by atoms with E-state index in [9.17, 15) is 4.79 Å². The zero-order chi connectivity index (χ0) is 14.7. The normalized spacial score (nSPS) is 16.0. The third kappa shape index (κ3) is 3.35. The average Bonchev–Trinajstić information content (AvgIpc) is 2.55. The second-order valence-electron chi connectivity index (χ2n) is 5.49. The van der Waals surface area contributed by atoms with Crippen molar-refractivity contribution in [2.45, 2.75) is 18.8 Å². The van der Waals surface area contributed by atoms with Crippen molar-refractivity contribution in [3.8, 4) is 0 Å². The maximum Gasteiger partial charge on any atom is 0.253 e. The predicted octanol–water partition coefficient (Wildman–Crippen LogP) is 4.47. The molecule has 0 unspecified atom stereocenters. The Labute approximate surface area is 133 Å². The number of hydrogen-bond donors (Lipinski definition) is 0. The Kier molecular flexibility index (Phi) is 4.39. The summed E-state index contributed by atoms with van der Waals surface area (Å²) >= 11 is 3.53. The van der Waals surface area contributed by atoms with Crippen molar-refractivity contribution in [1.29, 1.82) is 0 Å². The first kappa shape index (κ1) is 14.3. The van der Waals surface area contributed by atoms with Gasteiger partial charge in [-0.2, -0.15) is 0 Å². The van der Waals surface area contributed by atoms with Crippen molar-refractivity contribution in [2.75, 3.05) is 13.1 Å². The first-order valence-corrected chi connectivity index (χ1v) is 8.13. The summed E-state index contributed by atoms with van der Waals surface area (Å²) in [6, 6.07) is 18.1. The Hall–Kier alpha value is -1.61. The van der Waals surface area contributed by atoms with Crippen LogP contribution in [0.1, 0.15) is 34.7 Å². The first-order valence-electron chi connectivity index (χ1n) is 7.34. The largest absolute Gasteiger partial charge is 0.339 e. The van der Waals surface area contributed by atoms with Crippen LogP contribution in [0.2, 0.25) is 0 Å². The smallest absolute Gasteiger partial charge is 0.253 e. The summed E-state index contributed by atoms with van der Waals surface area (Å²) in [7, 11) is 0. The van der Waals surface area contributed by atoms with Crippen LogP contribution in [0.5, 0.6) is 0 Å². The van der Waals surface area contributed by atoms with Gasteiger partial charge in [-0.05, 0) is 48.6 Å². The van der Waals surface area contributed by atoms with Crippen molar-refractivity contribution in [3.05, 3.63) is 70.2 Å². The third-order valence-electron chi connectivity index (χ3n) is 4.12. The van der Waals surface area contributed by atoms with Gasteiger partial charge in [0.1, 0.15) is 0 Å². The average molecular weight is 344 g/mol. The van der Waals surface area contributed by atoms with E-state index in [0.717, 1.165) is 36.0 Å². The van der Waals surface area contributed by atoms with Crippen LogP contribution >= 0.6 is 15.9 Å². The SMILES string of the molecule is O=C(c1ccccc1)N1CCC(c2cccc(Br)c2)CC1. The molecular formula is C18H18BrNO. The molecule has 0 atom stereocenters. The number of carbonyl (C=O) groups excluding carboxylic acids is 1. The highest BCUT2D eigenvalue weighted by molar-refractivity contribution is 9.10. The summed E-state index contributed by atoms with van der Waals surface area (Å²) in [5, 5.41) is 0. The molecule has 0 N–H and O–H groups in total. The lowest BCUT2D eigenvalue weighted by Gasteiger charge is -2.32. The molecule has 1 aliphatic rings. The van der Waals surface area contributed by atoms with Gasteiger partial charge in [-0.1, -0.05) is 46.3 Å². The number of halogens is 1. The summed E-state index contributed by atoms with van der Waals surface area (Å²) in [4.78, 5) is 14.4. The maximum absolute atomic E-state index is 12.4. The van der Waals surface area contributed by atoms with Gasteiger partial charge in [-0.3, -0.25) is 4.79 Å². The Balaban J connectivity index is 1.64. The van der Waals surface area contributed by atoms with Gasteiger partial charge < -0.3 is 4.90 Å². The van der Waals surface area contributed by atoms with Crippen molar-refractivity contribution >= 4 is 21.8 Å². The molecule has 108 valence electrons. The van der Waals surface area contributed by atoms with E-state index in [2.05, 4.69) is 40.2 Å². The van der Waals surface area contributed by atoms with Crippen LogP contribution in [0.3, 0.4) is 0 Å². The zero-order valence-corrected chi connectivity index (χ0v) is 13.4. The molecule has 1 saturated heterocycles. The number of piperidine rings is 1. The summed E-state index contributed by atoms with van der Waals surface area (Å²) < 4.78 is 1.13. The lowest BCUT2D eigenvalue weighted by atomic mass is 9.89. The van der Waals surface area contributed by atoms with E-state index in [1.807, 2.05) is 35.2 Å². The monoisotopic (exact) mass is 343 g/mol. The lowest BCUT2D eigenvalue weighted by Crippen LogP contribution is -2.37. The molecule has 0 aliphatic carbocycles. The van der Waals surface area contributed by atoms with Gasteiger partial charge in [-0.25, -0.2) is 0 Å². The standard InChI is InChI=1S/C18H18BrNO/c19-17-8-4-7-16(13-17)14-9-11-20(12-10-14)18(21)15-5-2-1-3-6-15/h1-8,13-14H,9-12H2. The maximum atomic E-state index is 12.4. The van der Waals surface area contributed by atoms with Gasteiger partial charge in [0, 0.05) is 23.1 Å². The van der Waals surface area contributed by atoms with Crippen LogP contribution in [0, 0.1) is 0 Å². The van der Waals surface area contributed by atoms with E-state index in [0.29, 0.717) is 5.92 Å². The summed E-state index contributed by atoms with van der Waals surface area (Å²) in [6.07, 6.45) is 2.07. The molecule has 1 heterocycles. The molecule has 0 aromatic heterocycles. The number of rotatable bonds is 2. The number of benzene rings is 2. The molecule has 0 spiro atoms. The minimum atomic E-state index is 0.156. The Bertz CT molecular complexity index is 618.